The van der Waals surface area contributed by atoms with Crippen molar-refractivity contribution >= 4 is 17.5 Å². The van der Waals surface area contributed by atoms with Gasteiger partial charge in [0.25, 0.3) is 11.8 Å². The van der Waals surface area contributed by atoms with Crippen molar-refractivity contribution in [2.45, 2.75) is 52.0 Å². The third kappa shape index (κ3) is 5.85. The Hall–Kier alpha value is -1.88. The molecule has 138 valence electrons. The molecule has 2 N–H and O–H groups in total. The highest BCUT2D eigenvalue weighted by Crippen LogP contribution is 2.27. The predicted octanol–water partition coefficient (Wildman–Crippen LogP) is 1.39. The SMILES string of the molecule is CCNC(=O)C[NH+](CC)CC(=O)N(c1ccccc1)C1CCCCC1. The second-order valence-corrected chi connectivity index (χ2v) is 6.80. The van der Waals surface area contributed by atoms with E-state index in [4.69, 9.17) is 0 Å². The van der Waals surface area contributed by atoms with Gasteiger partial charge in [-0.3, -0.25) is 9.59 Å². The van der Waals surface area contributed by atoms with Crippen LogP contribution in [0.3, 0.4) is 0 Å². The highest BCUT2D eigenvalue weighted by molar-refractivity contribution is 5.94. The molecule has 0 bridgehead atoms. The molecule has 1 aliphatic rings. The molecule has 2 rings (SSSR count). The van der Waals surface area contributed by atoms with Gasteiger partial charge in [-0.05, 0) is 38.8 Å². The summed E-state index contributed by atoms with van der Waals surface area (Å²) in [6, 6.07) is 10.3. The van der Waals surface area contributed by atoms with Crippen LogP contribution in [0.25, 0.3) is 0 Å². The lowest BCUT2D eigenvalue weighted by Crippen LogP contribution is -3.14. The normalized spacial score (nSPS) is 16.2. The van der Waals surface area contributed by atoms with E-state index in [1.807, 2.05) is 49.1 Å². The summed E-state index contributed by atoms with van der Waals surface area (Å²) in [5.74, 6) is 0.135. The maximum absolute atomic E-state index is 13.1. The zero-order valence-corrected chi connectivity index (χ0v) is 15.6. The summed E-state index contributed by atoms with van der Waals surface area (Å²) in [6.07, 6.45) is 5.77. The second kappa shape index (κ2) is 10.2. The molecular weight excluding hydrogens is 314 g/mol. The van der Waals surface area contributed by atoms with Crippen LogP contribution < -0.4 is 15.1 Å². The number of hydrogen-bond donors (Lipinski definition) is 2. The maximum Gasteiger partial charge on any atom is 0.282 e. The molecule has 25 heavy (non-hydrogen) atoms. The van der Waals surface area contributed by atoms with E-state index in [1.165, 1.54) is 19.3 Å². The summed E-state index contributed by atoms with van der Waals surface area (Å²) in [7, 11) is 0. The van der Waals surface area contributed by atoms with Crippen molar-refractivity contribution in [3.8, 4) is 0 Å². The summed E-state index contributed by atoms with van der Waals surface area (Å²) in [6.45, 7) is 6.03. The first-order valence-corrected chi connectivity index (χ1v) is 9.63. The van der Waals surface area contributed by atoms with Gasteiger partial charge in [-0.15, -0.1) is 0 Å². The average Bonchev–Trinajstić information content (AvgIpc) is 2.63. The Bertz CT molecular complexity index is 541. The Morgan fingerprint density at radius 2 is 1.76 bits per heavy atom. The molecule has 1 aromatic carbocycles. The predicted molar refractivity (Wildman–Crippen MR) is 101 cm³/mol. The van der Waals surface area contributed by atoms with E-state index in [9.17, 15) is 9.59 Å². The third-order valence-electron chi connectivity index (χ3n) is 4.93. The molecular formula is C20H32N3O2+. The van der Waals surface area contributed by atoms with Gasteiger partial charge in [0.2, 0.25) is 0 Å². The lowest BCUT2D eigenvalue weighted by atomic mass is 9.93. The number of quaternary nitrogens is 1. The Kier molecular flexibility index (Phi) is 7.92. The van der Waals surface area contributed by atoms with Crippen molar-refractivity contribution in [2.24, 2.45) is 0 Å². The van der Waals surface area contributed by atoms with Gasteiger partial charge in [0.05, 0.1) is 6.54 Å². The Morgan fingerprint density at radius 1 is 1.08 bits per heavy atom. The lowest BCUT2D eigenvalue weighted by molar-refractivity contribution is -0.881. The molecule has 0 spiro atoms. The van der Waals surface area contributed by atoms with Crippen LogP contribution in [0.1, 0.15) is 46.0 Å². The quantitative estimate of drug-likeness (QED) is 0.747. The first-order chi connectivity index (χ1) is 12.2. The van der Waals surface area contributed by atoms with Crippen molar-refractivity contribution < 1.29 is 14.5 Å². The first-order valence-electron chi connectivity index (χ1n) is 9.63. The third-order valence-corrected chi connectivity index (χ3v) is 4.93. The molecule has 5 heteroatoms. The molecule has 1 aliphatic carbocycles. The van der Waals surface area contributed by atoms with Crippen LogP contribution in [0, 0.1) is 0 Å². The molecule has 1 atom stereocenters. The fourth-order valence-corrected chi connectivity index (χ4v) is 3.58. The van der Waals surface area contributed by atoms with E-state index >= 15 is 0 Å². The van der Waals surface area contributed by atoms with Crippen LogP contribution in [0.5, 0.6) is 0 Å². The van der Waals surface area contributed by atoms with Crippen LogP contribution in [0.4, 0.5) is 5.69 Å². The monoisotopic (exact) mass is 346 g/mol. The van der Waals surface area contributed by atoms with Gasteiger partial charge in [-0.1, -0.05) is 37.5 Å². The zero-order chi connectivity index (χ0) is 18.1. The molecule has 0 aromatic heterocycles. The highest BCUT2D eigenvalue weighted by atomic mass is 16.2. The van der Waals surface area contributed by atoms with E-state index in [-0.39, 0.29) is 17.9 Å². The number of carbonyl (C=O) groups excluding carboxylic acids is 2. The van der Waals surface area contributed by atoms with Gasteiger partial charge in [0.15, 0.2) is 13.1 Å². The number of para-hydroxylation sites is 1. The lowest BCUT2D eigenvalue weighted by Gasteiger charge is -2.35. The summed E-state index contributed by atoms with van der Waals surface area (Å²) < 4.78 is 0. The van der Waals surface area contributed by atoms with Crippen molar-refractivity contribution in [1.82, 2.24) is 5.32 Å². The standard InChI is InChI=1S/C20H31N3O2/c1-3-21-19(24)15-22(4-2)16-20(25)23(17-11-7-5-8-12-17)18-13-9-6-10-14-18/h5,7-8,11-12,18H,3-4,6,9-10,13-16H2,1-2H3,(H,21,24)/p+1. The van der Waals surface area contributed by atoms with Gasteiger partial charge in [0, 0.05) is 18.3 Å². The van der Waals surface area contributed by atoms with Crippen molar-refractivity contribution in [2.75, 3.05) is 31.1 Å². The molecule has 0 radical (unpaired) electrons. The molecule has 0 saturated heterocycles. The van der Waals surface area contributed by atoms with Gasteiger partial charge in [0.1, 0.15) is 0 Å². The first kappa shape index (κ1) is 19.4. The van der Waals surface area contributed by atoms with Crippen LogP contribution in [-0.4, -0.2) is 44.0 Å². The zero-order valence-electron chi connectivity index (χ0n) is 15.6. The van der Waals surface area contributed by atoms with Gasteiger partial charge >= 0.3 is 0 Å². The number of benzene rings is 1. The number of nitrogens with one attached hydrogen (secondary N) is 2. The molecule has 5 nitrogen and oxygen atoms in total. The number of carbonyl (C=O) groups is 2. The Balaban J connectivity index is 2.10. The average molecular weight is 346 g/mol. The van der Waals surface area contributed by atoms with Crippen molar-refractivity contribution in [3.63, 3.8) is 0 Å². The van der Waals surface area contributed by atoms with Gasteiger partial charge < -0.3 is 15.1 Å². The number of nitrogens with zero attached hydrogens (tertiary/aromatic N) is 1. The van der Waals surface area contributed by atoms with E-state index in [0.29, 0.717) is 19.6 Å². The minimum atomic E-state index is 0.0103. The minimum absolute atomic E-state index is 0.0103. The molecule has 0 aliphatic heterocycles. The Morgan fingerprint density at radius 3 is 2.36 bits per heavy atom. The summed E-state index contributed by atoms with van der Waals surface area (Å²) in [4.78, 5) is 28.0. The van der Waals surface area contributed by atoms with E-state index in [1.54, 1.807) is 0 Å². The largest absolute Gasteiger partial charge is 0.351 e. The van der Waals surface area contributed by atoms with Gasteiger partial charge in [-0.2, -0.15) is 0 Å². The number of amides is 2. The molecule has 1 unspecified atom stereocenters. The molecule has 1 fully saturated rings. The van der Waals surface area contributed by atoms with Crippen molar-refractivity contribution in [1.29, 1.82) is 0 Å². The van der Waals surface area contributed by atoms with Crippen LogP contribution >= 0.6 is 0 Å². The molecule has 1 saturated carbocycles. The number of likely N-dealkylation sites (N-methyl/N-ethyl adjacent to an activating group) is 2. The maximum atomic E-state index is 13.1. The number of rotatable bonds is 8. The summed E-state index contributed by atoms with van der Waals surface area (Å²) in [5, 5.41) is 2.82. The molecule has 0 heterocycles. The van der Waals surface area contributed by atoms with Crippen LogP contribution in [-0.2, 0) is 9.59 Å². The van der Waals surface area contributed by atoms with Crippen LogP contribution in [0.15, 0.2) is 30.3 Å². The minimum Gasteiger partial charge on any atom is -0.351 e. The van der Waals surface area contributed by atoms with E-state index in [2.05, 4.69) is 5.32 Å². The topological polar surface area (TPSA) is 53.9 Å². The fraction of sp³-hybridized carbons (Fsp3) is 0.600. The number of hydrogen-bond acceptors (Lipinski definition) is 2. The molecule has 2 amide bonds. The van der Waals surface area contributed by atoms with E-state index in [0.717, 1.165) is 30.0 Å². The molecule has 1 aromatic rings. The highest BCUT2D eigenvalue weighted by Gasteiger charge is 2.29. The van der Waals surface area contributed by atoms with Gasteiger partial charge in [-0.25, -0.2) is 0 Å². The Labute approximate surface area is 151 Å². The van der Waals surface area contributed by atoms with Crippen molar-refractivity contribution in [3.05, 3.63) is 30.3 Å². The fourth-order valence-electron chi connectivity index (χ4n) is 3.58. The summed E-state index contributed by atoms with van der Waals surface area (Å²) >= 11 is 0. The smallest absolute Gasteiger partial charge is 0.282 e. The summed E-state index contributed by atoms with van der Waals surface area (Å²) in [5.41, 5.74) is 0.980. The van der Waals surface area contributed by atoms with E-state index < -0.39 is 0 Å². The number of anilines is 1. The second-order valence-electron chi connectivity index (χ2n) is 6.80. The van der Waals surface area contributed by atoms with Crippen LogP contribution in [0.2, 0.25) is 0 Å².